The van der Waals surface area contributed by atoms with Crippen LogP contribution in [0.3, 0.4) is 0 Å². The van der Waals surface area contributed by atoms with Crippen molar-refractivity contribution < 1.29 is 42.2 Å². The van der Waals surface area contributed by atoms with E-state index < -0.39 is 53.9 Å². The summed E-state index contributed by atoms with van der Waals surface area (Å²) >= 11 is 6.02. The van der Waals surface area contributed by atoms with Gasteiger partial charge in [-0.05, 0) is 80.0 Å². The molecule has 0 spiro atoms. The van der Waals surface area contributed by atoms with Crippen LogP contribution in [-0.4, -0.2) is 69.0 Å². The van der Waals surface area contributed by atoms with Crippen LogP contribution in [0.5, 0.6) is 6.01 Å². The minimum absolute atomic E-state index is 0.0342. The highest BCUT2D eigenvalue weighted by Crippen LogP contribution is 2.48. The highest BCUT2D eigenvalue weighted by Gasteiger charge is 2.45. The van der Waals surface area contributed by atoms with Gasteiger partial charge in [0.25, 0.3) is 11.8 Å². The maximum Gasteiger partial charge on any atom is 0.422 e. The number of ketones is 1. The predicted molar refractivity (Wildman–Crippen MR) is 180 cm³/mol. The van der Waals surface area contributed by atoms with Crippen LogP contribution in [0.4, 0.5) is 30.8 Å². The standard InChI is InChI=1S/C34H37ClF3N7O6/c35-23-10-8-22(9-11-23)33(16-17-33)45-31-42-30(43-32(44-31)51-19-34(36,37)38)40-24-12-6-21(7-13-24)27(47)41-25(29(49)50)14-15-26(46)28(48)39-18-20-4-2-1-3-5-20/h6-13,20,25H,1-5,14-19H2,(H,39,48)(H,41,47)(H,49,50)(H2,40,42,43,44,45)/t25-/m1/s1. The number of carboxylic acid groups (broad SMARTS) is 1. The Morgan fingerprint density at radius 3 is 2.24 bits per heavy atom. The minimum Gasteiger partial charge on any atom is -0.480 e. The Morgan fingerprint density at radius 2 is 1.61 bits per heavy atom. The van der Waals surface area contributed by atoms with Crippen LogP contribution >= 0.6 is 11.6 Å². The molecule has 0 unspecified atom stereocenters. The lowest BCUT2D eigenvalue weighted by Crippen LogP contribution is -2.42. The van der Waals surface area contributed by atoms with Gasteiger partial charge in [-0.15, -0.1) is 0 Å². The maximum absolute atomic E-state index is 12.9. The predicted octanol–water partition coefficient (Wildman–Crippen LogP) is 5.54. The Morgan fingerprint density at radius 1 is 0.941 bits per heavy atom. The second kappa shape index (κ2) is 16.4. The molecule has 2 saturated carbocycles. The van der Waals surface area contributed by atoms with Crippen molar-refractivity contribution in [2.75, 3.05) is 23.8 Å². The van der Waals surface area contributed by atoms with Gasteiger partial charge in [-0.2, -0.15) is 28.1 Å². The van der Waals surface area contributed by atoms with Gasteiger partial charge < -0.3 is 31.1 Å². The van der Waals surface area contributed by atoms with E-state index in [1.807, 2.05) is 12.1 Å². The zero-order valence-corrected chi connectivity index (χ0v) is 28.1. The highest BCUT2D eigenvalue weighted by molar-refractivity contribution is 6.36. The molecule has 2 aliphatic rings. The normalized spacial score (nSPS) is 16.0. The number of amides is 2. The summed E-state index contributed by atoms with van der Waals surface area (Å²) in [6.07, 6.45) is 1.44. The molecule has 2 aliphatic carbocycles. The van der Waals surface area contributed by atoms with E-state index in [1.165, 1.54) is 24.3 Å². The van der Waals surface area contributed by atoms with Gasteiger partial charge in [0.15, 0.2) is 6.61 Å². The fourth-order valence-electron chi connectivity index (χ4n) is 5.72. The molecule has 0 aliphatic heterocycles. The number of halogens is 4. The van der Waals surface area contributed by atoms with Gasteiger partial charge in [0, 0.05) is 29.2 Å². The second-order valence-corrected chi connectivity index (χ2v) is 13.1. The molecule has 1 atom stereocenters. The van der Waals surface area contributed by atoms with Gasteiger partial charge in [0.2, 0.25) is 17.7 Å². The van der Waals surface area contributed by atoms with E-state index in [1.54, 1.807) is 12.1 Å². The molecule has 0 saturated heterocycles. The van der Waals surface area contributed by atoms with Crippen LogP contribution in [0.15, 0.2) is 48.5 Å². The number of Topliss-reactive ketones (excluding diaryl/α,β-unsaturated/α-hetero) is 1. The Hall–Kier alpha value is -4.99. The van der Waals surface area contributed by atoms with E-state index in [2.05, 4.69) is 36.2 Å². The summed E-state index contributed by atoms with van der Waals surface area (Å²) in [7, 11) is 0. The van der Waals surface area contributed by atoms with Crippen LogP contribution in [0.25, 0.3) is 0 Å². The van der Waals surface area contributed by atoms with Crippen LogP contribution in [0.1, 0.15) is 73.7 Å². The second-order valence-electron chi connectivity index (χ2n) is 12.6. The molecule has 3 aromatic rings. The van der Waals surface area contributed by atoms with E-state index in [0.717, 1.165) is 37.7 Å². The van der Waals surface area contributed by atoms with Gasteiger partial charge in [0.1, 0.15) is 6.04 Å². The first-order valence-electron chi connectivity index (χ1n) is 16.5. The number of rotatable bonds is 16. The molecule has 51 heavy (non-hydrogen) atoms. The largest absolute Gasteiger partial charge is 0.480 e. The van der Waals surface area contributed by atoms with Gasteiger partial charge in [-0.25, -0.2) is 4.79 Å². The van der Waals surface area contributed by atoms with E-state index in [4.69, 9.17) is 16.3 Å². The van der Waals surface area contributed by atoms with Crippen LogP contribution in [-0.2, 0) is 19.9 Å². The van der Waals surface area contributed by atoms with E-state index in [9.17, 15) is 37.5 Å². The summed E-state index contributed by atoms with van der Waals surface area (Å²) < 4.78 is 43.6. The van der Waals surface area contributed by atoms with Crippen molar-refractivity contribution in [3.8, 4) is 6.01 Å². The number of anilines is 3. The van der Waals surface area contributed by atoms with Gasteiger partial charge >= 0.3 is 18.2 Å². The summed E-state index contributed by atoms with van der Waals surface area (Å²) in [6, 6.07) is 10.8. The summed E-state index contributed by atoms with van der Waals surface area (Å²) in [5.74, 6) is -3.50. The van der Waals surface area contributed by atoms with Crippen molar-refractivity contribution in [3.63, 3.8) is 0 Å². The number of carboxylic acids is 1. The average Bonchev–Trinajstić information content (AvgIpc) is 3.88. The topological polar surface area (TPSA) is 185 Å². The lowest BCUT2D eigenvalue weighted by molar-refractivity contribution is -0.154. The third kappa shape index (κ3) is 11.0. The lowest BCUT2D eigenvalue weighted by atomic mass is 9.89. The number of aromatic nitrogens is 3. The van der Waals surface area contributed by atoms with Crippen LogP contribution < -0.4 is 26.0 Å². The minimum atomic E-state index is -4.64. The maximum atomic E-state index is 12.9. The summed E-state index contributed by atoms with van der Waals surface area (Å²) in [5.41, 5.74) is 0.750. The molecular formula is C34H37ClF3N7O6. The number of carbonyl (C=O) groups excluding carboxylic acids is 3. The Labute approximate surface area is 296 Å². The van der Waals surface area contributed by atoms with Crippen LogP contribution in [0.2, 0.25) is 5.02 Å². The summed E-state index contributed by atoms with van der Waals surface area (Å²) in [6.45, 7) is -1.22. The first-order chi connectivity index (χ1) is 24.3. The third-order valence-corrected chi connectivity index (χ3v) is 8.93. The molecule has 2 aromatic carbocycles. The Kier molecular flexibility index (Phi) is 12.0. The number of nitrogens with one attached hydrogen (secondary N) is 4. The fourth-order valence-corrected chi connectivity index (χ4v) is 5.85. The summed E-state index contributed by atoms with van der Waals surface area (Å²) in [4.78, 5) is 61.6. The fraction of sp³-hybridized carbons (Fsp3) is 0.441. The quantitative estimate of drug-likeness (QED) is 0.117. The lowest BCUT2D eigenvalue weighted by Gasteiger charge is -2.21. The Balaban J connectivity index is 1.20. The zero-order valence-electron chi connectivity index (χ0n) is 27.4. The molecular weight excluding hydrogens is 695 g/mol. The van der Waals surface area contributed by atoms with Gasteiger partial charge in [-0.1, -0.05) is 43.0 Å². The smallest absolute Gasteiger partial charge is 0.422 e. The Bertz CT molecular complexity index is 1720. The van der Waals surface area contributed by atoms with E-state index in [-0.39, 0.29) is 30.3 Å². The molecule has 272 valence electrons. The number of carbonyl (C=O) groups is 4. The van der Waals surface area contributed by atoms with Crippen molar-refractivity contribution in [2.45, 2.75) is 75.5 Å². The highest BCUT2D eigenvalue weighted by atomic mass is 35.5. The third-order valence-electron chi connectivity index (χ3n) is 8.67. The molecule has 0 bridgehead atoms. The molecule has 5 N–H and O–H groups in total. The van der Waals surface area contributed by atoms with Crippen molar-refractivity contribution >= 4 is 52.8 Å². The number of alkyl halides is 3. The average molecular weight is 732 g/mol. The van der Waals surface area contributed by atoms with Crippen molar-refractivity contribution in [3.05, 3.63) is 64.7 Å². The molecule has 17 heteroatoms. The first-order valence-corrected chi connectivity index (χ1v) is 16.9. The number of ether oxygens (including phenoxy) is 1. The molecule has 5 rings (SSSR count). The van der Waals surface area contributed by atoms with Crippen LogP contribution in [0, 0.1) is 5.92 Å². The zero-order chi connectivity index (χ0) is 36.6. The first kappa shape index (κ1) is 37.3. The molecule has 2 amide bonds. The van der Waals surface area contributed by atoms with E-state index in [0.29, 0.717) is 36.0 Å². The van der Waals surface area contributed by atoms with Crippen molar-refractivity contribution in [1.29, 1.82) is 0 Å². The van der Waals surface area contributed by atoms with E-state index >= 15 is 0 Å². The molecule has 1 aromatic heterocycles. The summed E-state index contributed by atoms with van der Waals surface area (Å²) in [5, 5.41) is 21.2. The van der Waals surface area contributed by atoms with Gasteiger partial charge in [0.05, 0.1) is 5.54 Å². The van der Waals surface area contributed by atoms with Crippen molar-refractivity contribution in [2.24, 2.45) is 5.92 Å². The number of aliphatic carboxylic acids is 1. The molecule has 1 heterocycles. The van der Waals surface area contributed by atoms with Gasteiger partial charge in [-0.3, -0.25) is 14.4 Å². The molecule has 2 fully saturated rings. The van der Waals surface area contributed by atoms with Crippen molar-refractivity contribution in [1.82, 2.24) is 25.6 Å². The number of benzene rings is 2. The number of hydrogen-bond donors (Lipinski definition) is 5. The molecule has 0 radical (unpaired) electrons. The molecule has 13 nitrogen and oxygen atoms in total. The number of hydrogen-bond acceptors (Lipinski definition) is 10. The SMILES string of the molecule is O=C(CC[C@@H](NC(=O)c1ccc(Nc2nc(NC3(c4ccc(Cl)cc4)CC3)nc(OCC(F)(F)F)n2)cc1)C(=O)O)C(=O)NCC1CCCCC1. The number of nitrogens with zero attached hydrogens (tertiary/aromatic N) is 3. The monoisotopic (exact) mass is 731 g/mol.